The summed E-state index contributed by atoms with van der Waals surface area (Å²) in [5.74, 6) is -0.234. The van der Waals surface area contributed by atoms with Gasteiger partial charge < -0.3 is 18.8 Å². The predicted molar refractivity (Wildman–Crippen MR) is 105 cm³/mol. The molecule has 2 aromatic carbocycles. The minimum absolute atomic E-state index is 0.0798. The highest BCUT2D eigenvalue weighted by Gasteiger charge is 2.29. The molecule has 0 aliphatic heterocycles. The predicted octanol–water partition coefficient (Wildman–Crippen LogP) is 4.13. The summed E-state index contributed by atoms with van der Waals surface area (Å²) >= 11 is 0. The molecule has 1 atom stereocenters. The Bertz CT molecular complexity index is 991. The third kappa shape index (κ3) is 3.86. The van der Waals surface area contributed by atoms with Gasteiger partial charge in [0.05, 0.1) is 6.61 Å². The smallest absolute Gasteiger partial charge is 0.375 e. The molecule has 0 saturated heterocycles. The maximum absolute atomic E-state index is 12.8. The first-order valence-electron chi connectivity index (χ1n) is 9.05. The largest absolute Gasteiger partial charge is 0.494 e. The second-order valence-electron chi connectivity index (χ2n) is 6.58. The van der Waals surface area contributed by atoms with Crippen LogP contribution in [0.5, 0.6) is 5.75 Å². The number of furan rings is 1. The minimum Gasteiger partial charge on any atom is -0.494 e. The Morgan fingerprint density at radius 2 is 1.82 bits per heavy atom. The summed E-state index contributed by atoms with van der Waals surface area (Å²) in [4.78, 5) is 26.8. The number of rotatable bonds is 6. The summed E-state index contributed by atoms with van der Waals surface area (Å²) in [6, 6.07) is 14.3. The van der Waals surface area contributed by atoms with Crippen LogP contribution in [0.3, 0.4) is 0 Å². The van der Waals surface area contributed by atoms with E-state index >= 15 is 0 Å². The Morgan fingerprint density at radius 1 is 1.11 bits per heavy atom. The fourth-order valence-corrected chi connectivity index (χ4v) is 2.94. The topological polar surface area (TPSA) is 69.0 Å². The van der Waals surface area contributed by atoms with E-state index in [-0.39, 0.29) is 11.7 Å². The number of likely N-dealkylation sites (N-methyl/N-ethyl adjacent to an activating group) is 1. The molecule has 0 bridgehead atoms. The van der Waals surface area contributed by atoms with Crippen molar-refractivity contribution < 1.29 is 23.5 Å². The maximum atomic E-state index is 12.8. The fraction of sp³-hybridized carbons (Fsp3) is 0.273. The molecule has 0 radical (unpaired) electrons. The highest BCUT2D eigenvalue weighted by atomic mass is 16.6. The molecule has 1 heterocycles. The summed E-state index contributed by atoms with van der Waals surface area (Å²) in [5.41, 5.74) is 1.80. The van der Waals surface area contributed by atoms with E-state index in [4.69, 9.17) is 13.9 Å². The lowest BCUT2D eigenvalue weighted by Gasteiger charge is -2.20. The van der Waals surface area contributed by atoms with Crippen molar-refractivity contribution >= 4 is 22.8 Å². The number of fused-ring (bicyclic) bond motifs is 1. The molecule has 1 amide bonds. The third-order valence-electron chi connectivity index (χ3n) is 4.40. The molecule has 146 valence electrons. The van der Waals surface area contributed by atoms with Crippen LogP contribution in [-0.4, -0.2) is 37.5 Å². The van der Waals surface area contributed by atoms with E-state index in [0.717, 1.165) is 5.39 Å². The van der Waals surface area contributed by atoms with Crippen molar-refractivity contribution in [2.75, 3.05) is 20.7 Å². The van der Waals surface area contributed by atoms with Crippen LogP contribution in [-0.2, 0) is 9.53 Å². The number of hydrogen-bond donors (Lipinski definition) is 0. The van der Waals surface area contributed by atoms with Gasteiger partial charge in [0.1, 0.15) is 11.3 Å². The van der Waals surface area contributed by atoms with Crippen LogP contribution in [0.25, 0.3) is 11.0 Å². The number of hydrogen-bond acceptors (Lipinski definition) is 5. The number of carbonyl (C=O) groups is 2. The molecule has 0 fully saturated rings. The van der Waals surface area contributed by atoms with E-state index < -0.39 is 12.1 Å². The van der Waals surface area contributed by atoms with Gasteiger partial charge in [-0.05, 0) is 32.0 Å². The molecule has 1 aromatic heterocycles. The summed E-state index contributed by atoms with van der Waals surface area (Å²) in [6.45, 7) is 4.23. The highest BCUT2D eigenvalue weighted by Crippen LogP contribution is 2.30. The van der Waals surface area contributed by atoms with Crippen molar-refractivity contribution in [1.29, 1.82) is 0 Å². The lowest BCUT2D eigenvalue weighted by molar-refractivity contribution is -0.138. The molecule has 3 rings (SSSR count). The molecule has 0 spiro atoms. The zero-order chi connectivity index (χ0) is 20.3. The minimum atomic E-state index is -1.05. The van der Waals surface area contributed by atoms with Crippen molar-refractivity contribution in [2.45, 2.75) is 20.0 Å². The molecule has 0 saturated carbocycles. The van der Waals surface area contributed by atoms with Crippen LogP contribution < -0.4 is 4.74 Å². The second-order valence-corrected chi connectivity index (χ2v) is 6.58. The number of carbonyl (C=O) groups excluding carboxylic acids is 2. The Hall–Kier alpha value is -3.28. The summed E-state index contributed by atoms with van der Waals surface area (Å²) in [6.07, 6.45) is -1.05. The lowest BCUT2D eigenvalue weighted by Crippen LogP contribution is -2.31. The summed E-state index contributed by atoms with van der Waals surface area (Å²) in [7, 11) is 3.24. The van der Waals surface area contributed by atoms with E-state index in [9.17, 15) is 9.59 Å². The first-order chi connectivity index (χ1) is 13.4. The maximum Gasteiger partial charge on any atom is 0.375 e. The van der Waals surface area contributed by atoms with Crippen LogP contribution in [0.4, 0.5) is 0 Å². The van der Waals surface area contributed by atoms with Crippen molar-refractivity contribution in [1.82, 2.24) is 4.90 Å². The summed E-state index contributed by atoms with van der Waals surface area (Å²) in [5, 5.41) is 0.771. The molecule has 3 aromatic rings. The molecule has 0 unspecified atom stereocenters. The zero-order valence-electron chi connectivity index (χ0n) is 16.4. The quantitative estimate of drug-likeness (QED) is 0.601. The van der Waals surface area contributed by atoms with Gasteiger partial charge in [-0.3, -0.25) is 4.79 Å². The van der Waals surface area contributed by atoms with E-state index in [1.165, 1.54) is 4.90 Å². The van der Waals surface area contributed by atoms with Gasteiger partial charge in [-0.15, -0.1) is 0 Å². The van der Waals surface area contributed by atoms with Gasteiger partial charge in [0.25, 0.3) is 5.91 Å². The van der Waals surface area contributed by atoms with Crippen molar-refractivity contribution in [3.05, 3.63) is 65.4 Å². The number of amides is 1. The van der Waals surface area contributed by atoms with E-state index in [1.807, 2.05) is 19.1 Å². The Kier molecular flexibility index (Phi) is 5.68. The SMILES string of the molecule is CCOc1ccc2oc(C(=O)O[C@@H](C(=O)N(C)C)c3ccccc3)c(C)c2c1. The second kappa shape index (κ2) is 8.17. The molecular formula is C22H23NO5. The zero-order valence-corrected chi connectivity index (χ0v) is 16.4. The Balaban J connectivity index is 1.93. The van der Waals surface area contributed by atoms with Gasteiger partial charge in [-0.25, -0.2) is 4.79 Å². The van der Waals surface area contributed by atoms with E-state index in [0.29, 0.717) is 29.1 Å². The number of nitrogens with zero attached hydrogens (tertiary/aromatic N) is 1. The van der Waals surface area contributed by atoms with E-state index in [1.54, 1.807) is 57.4 Å². The average Bonchev–Trinajstić information content (AvgIpc) is 3.02. The fourth-order valence-electron chi connectivity index (χ4n) is 2.94. The van der Waals surface area contributed by atoms with Gasteiger partial charge in [-0.1, -0.05) is 30.3 Å². The van der Waals surface area contributed by atoms with Crippen LogP contribution in [0.15, 0.2) is 52.9 Å². The first-order valence-corrected chi connectivity index (χ1v) is 9.05. The lowest BCUT2D eigenvalue weighted by atomic mass is 10.1. The van der Waals surface area contributed by atoms with Crippen molar-refractivity contribution in [3.63, 3.8) is 0 Å². The average molecular weight is 381 g/mol. The highest BCUT2D eigenvalue weighted by molar-refractivity contribution is 5.97. The van der Waals surface area contributed by atoms with Gasteiger partial charge >= 0.3 is 5.97 Å². The number of benzene rings is 2. The van der Waals surface area contributed by atoms with Crippen LogP contribution in [0.2, 0.25) is 0 Å². The van der Waals surface area contributed by atoms with Crippen LogP contribution in [0.1, 0.15) is 34.7 Å². The summed E-state index contributed by atoms with van der Waals surface area (Å²) < 4.78 is 16.8. The number of aryl methyl sites for hydroxylation is 1. The van der Waals surface area contributed by atoms with E-state index in [2.05, 4.69) is 0 Å². The molecule has 28 heavy (non-hydrogen) atoms. The first kappa shape index (κ1) is 19.5. The standard InChI is InChI=1S/C22H23NO5/c1-5-26-16-11-12-18-17(13-16)14(2)19(27-18)22(25)28-20(21(24)23(3)4)15-9-7-6-8-10-15/h6-13,20H,5H2,1-4H3/t20-/m1/s1. The molecule has 0 aliphatic rings. The Morgan fingerprint density at radius 3 is 2.46 bits per heavy atom. The van der Waals surface area contributed by atoms with Gasteiger partial charge in [0.2, 0.25) is 11.9 Å². The van der Waals surface area contributed by atoms with Crippen molar-refractivity contribution in [3.8, 4) is 5.75 Å². The van der Waals surface area contributed by atoms with Crippen LogP contribution >= 0.6 is 0 Å². The molecule has 6 heteroatoms. The van der Waals surface area contributed by atoms with Crippen molar-refractivity contribution in [2.24, 2.45) is 0 Å². The number of ether oxygens (including phenoxy) is 2. The molecular weight excluding hydrogens is 358 g/mol. The van der Waals surface area contributed by atoms with Crippen LogP contribution in [0, 0.1) is 6.92 Å². The van der Waals surface area contributed by atoms with Gasteiger partial charge in [0, 0.05) is 30.6 Å². The molecule has 0 N–H and O–H groups in total. The molecule has 0 aliphatic carbocycles. The monoisotopic (exact) mass is 381 g/mol. The third-order valence-corrected chi connectivity index (χ3v) is 4.40. The number of esters is 1. The molecule has 6 nitrogen and oxygen atoms in total. The van der Waals surface area contributed by atoms with Gasteiger partial charge in [-0.2, -0.15) is 0 Å². The normalized spacial score (nSPS) is 11.9. The van der Waals surface area contributed by atoms with Gasteiger partial charge in [0.15, 0.2) is 0 Å². The Labute approximate surface area is 163 Å².